The van der Waals surface area contributed by atoms with Crippen LogP contribution in [0.3, 0.4) is 0 Å². The van der Waals surface area contributed by atoms with E-state index in [-0.39, 0.29) is 5.92 Å². The van der Waals surface area contributed by atoms with Crippen molar-refractivity contribution in [2.24, 2.45) is 11.8 Å². The number of rotatable bonds is 4. The monoisotopic (exact) mass is 242 g/mol. The predicted octanol–water partition coefficient (Wildman–Crippen LogP) is 3.27. The van der Waals surface area contributed by atoms with Gasteiger partial charge in [-0.25, -0.2) is 0 Å². The summed E-state index contributed by atoms with van der Waals surface area (Å²) in [5.41, 5.74) is 1.15. The first-order chi connectivity index (χ1) is 8.70. The van der Waals surface area contributed by atoms with Crippen LogP contribution in [0.1, 0.15) is 31.7 Å². The van der Waals surface area contributed by atoms with Crippen LogP contribution in [0.4, 0.5) is 0 Å². The number of nitriles is 1. The lowest BCUT2D eigenvalue weighted by Crippen LogP contribution is -2.26. The number of hydrogen-bond donors (Lipinski definition) is 0. The maximum absolute atomic E-state index is 9.34. The van der Waals surface area contributed by atoms with Gasteiger partial charge in [0.25, 0.3) is 0 Å². The van der Waals surface area contributed by atoms with Gasteiger partial charge in [0.05, 0.1) is 12.0 Å². The third kappa shape index (κ3) is 3.11. The minimum Gasteiger partial charge on any atom is -0.301 e. The van der Waals surface area contributed by atoms with Crippen LogP contribution in [0.2, 0.25) is 0 Å². The Morgan fingerprint density at radius 3 is 2.61 bits per heavy atom. The first kappa shape index (κ1) is 13.1. The summed E-state index contributed by atoms with van der Waals surface area (Å²) < 4.78 is 0. The van der Waals surface area contributed by atoms with Crippen LogP contribution in [-0.2, 0) is 0 Å². The highest BCUT2D eigenvalue weighted by Crippen LogP contribution is 2.26. The Balaban J connectivity index is 1.95. The fraction of sp³-hybridized carbons (Fsp3) is 0.562. The van der Waals surface area contributed by atoms with Crippen molar-refractivity contribution in [1.29, 1.82) is 5.26 Å². The molecule has 0 spiro atoms. The Morgan fingerprint density at radius 1 is 1.33 bits per heavy atom. The smallest absolute Gasteiger partial charge is 0.0839 e. The third-order valence-corrected chi connectivity index (χ3v) is 4.05. The van der Waals surface area contributed by atoms with Crippen LogP contribution in [0.5, 0.6) is 0 Å². The van der Waals surface area contributed by atoms with Crippen LogP contribution in [0.25, 0.3) is 0 Å². The highest BCUT2D eigenvalue weighted by Gasteiger charge is 2.26. The van der Waals surface area contributed by atoms with E-state index in [1.54, 1.807) is 0 Å². The molecule has 1 aliphatic heterocycles. The molecule has 1 fully saturated rings. The molecule has 2 rings (SSSR count). The van der Waals surface area contributed by atoms with Crippen LogP contribution in [0, 0.1) is 23.2 Å². The molecule has 1 aromatic rings. The van der Waals surface area contributed by atoms with Crippen molar-refractivity contribution in [3.63, 3.8) is 0 Å². The summed E-state index contributed by atoms with van der Waals surface area (Å²) in [4.78, 5) is 2.45. The minimum absolute atomic E-state index is 0.0112. The molecule has 0 N–H and O–H groups in total. The largest absolute Gasteiger partial charge is 0.301 e. The van der Waals surface area contributed by atoms with Crippen LogP contribution in [-0.4, -0.2) is 24.5 Å². The second-order valence-electron chi connectivity index (χ2n) is 5.64. The Kier molecular flexibility index (Phi) is 4.38. The fourth-order valence-electron chi connectivity index (χ4n) is 2.74. The topological polar surface area (TPSA) is 27.0 Å². The summed E-state index contributed by atoms with van der Waals surface area (Å²) in [6.07, 6.45) is 1.28. The lowest BCUT2D eigenvalue weighted by molar-refractivity contribution is 0.298. The average Bonchev–Trinajstić information content (AvgIpc) is 2.86. The predicted molar refractivity (Wildman–Crippen MR) is 74.2 cm³/mol. The van der Waals surface area contributed by atoms with Crippen molar-refractivity contribution in [3.05, 3.63) is 35.9 Å². The van der Waals surface area contributed by atoms with E-state index in [4.69, 9.17) is 0 Å². The van der Waals surface area contributed by atoms with Crippen LogP contribution < -0.4 is 0 Å². The zero-order valence-corrected chi connectivity index (χ0v) is 11.3. The zero-order valence-electron chi connectivity index (χ0n) is 11.3. The first-order valence-corrected chi connectivity index (χ1v) is 6.87. The van der Waals surface area contributed by atoms with Crippen molar-refractivity contribution in [2.75, 3.05) is 19.6 Å². The molecule has 18 heavy (non-hydrogen) atoms. The zero-order chi connectivity index (χ0) is 13.0. The van der Waals surface area contributed by atoms with E-state index in [1.807, 2.05) is 18.2 Å². The molecule has 0 aliphatic carbocycles. The summed E-state index contributed by atoms with van der Waals surface area (Å²) >= 11 is 0. The molecular formula is C16H22N2. The lowest BCUT2D eigenvalue weighted by Gasteiger charge is -2.20. The number of benzene rings is 1. The summed E-state index contributed by atoms with van der Waals surface area (Å²) in [6.45, 7) is 7.78. The molecular weight excluding hydrogens is 220 g/mol. The molecule has 2 unspecified atom stereocenters. The number of hydrogen-bond acceptors (Lipinski definition) is 2. The Hall–Kier alpha value is -1.33. The Morgan fingerprint density at radius 2 is 2.06 bits per heavy atom. The summed E-state index contributed by atoms with van der Waals surface area (Å²) in [5.74, 6) is 1.57. The van der Waals surface area contributed by atoms with Gasteiger partial charge in [-0.05, 0) is 30.4 Å². The molecule has 0 saturated carbocycles. The Labute approximate surface area is 110 Å². The highest BCUT2D eigenvalue weighted by molar-refractivity contribution is 5.25. The van der Waals surface area contributed by atoms with Crippen molar-refractivity contribution in [1.82, 2.24) is 4.90 Å². The van der Waals surface area contributed by atoms with E-state index in [0.29, 0.717) is 0 Å². The molecule has 1 heterocycles. The lowest BCUT2D eigenvalue weighted by atomic mass is 9.95. The van der Waals surface area contributed by atoms with E-state index in [0.717, 1.165) is 37.0 Å². The van der Waals surface area contributed by atoms with Gasteiger partial charge >= 0.3 is 0 Å². The third-order valence-electron chi connectivity index (χ3n) is 4.05. The fourth-order valence-corrected chi connectivity index (χ4v) is 2.74. The van der Waals surface area contributed by atoms with Gasteiger partial charge in [0.1, 0.15) is 0 Å². The second-order valence-corrected chi connectivity index (χ2v) is 5.64. The van der Waals surface area contributed by atoms with Gasteiger partial charge in [-0.15, -0.1) is 0 Å². The molecule has 1 aliphatic rings. The molecule has 2 atom stereocenters. The standard InChI is InChI=1S/C16H22N2/c1-13(2)15-8-9-18(11-15)12-16(10-17)14-6-4-3-5-7-14/h3-7,13,15-16H,8-9,11-12H2,1-2H3. The van der Waals surface area contributed by atoms with Crippen molar-refractivity contribution in [2.45, 2.75) is 26.2 Å². The maximum atomic E-state index is 9.34. The number of likely N-dealkylation sites (tertiary alicyclic amines) is 1. The Bertz CT molecular complexity index is 405. The van der Waals surface area contributed by atoms with Gasteiger partial charge in [0, 0.05) is 13.1 Å². The van der Waals surface area contributed by atoms with Crippen molar-refractivity contribution < 1.29 is 0 Å². The van der Waals surface area contributed by atoms with Gasteiger partial charge < -0.3 is 4.90 Å². The van der Waals surface area contributed by atoms with Gasteiger partial charge in [-0.3, -0.25) is 0 Å². The summed E-state index contributed by atoms with van der Waals surface area (Å²) in [7, 11) is 0. The SMILES string of the molecule is CC(C)C1CCN(CC(C#N)c2ccccc2)C1. The summed E-state index contributed by atoms with van der Waals surface area (Å²) in [6, 6.07) is 12.6. The molecule has 0 bridgehead atoms. The molecule has 2 nitrogen and oxygen atoms in total. The molecule has 0 aromatic heterocycles. The molecule has 0 amide bonds. The average molecular weight is 242 g/mol. The molecule has 1 saturated heterocycles. The van der Waals surface area contributed by atoms with Crippen molar-refractivity contribution in [3.8, 4) is 6.07 Å². The minimum atomic E-state index is 0.0112. The van der Waals surface area contributed by atoms with E-state index in [1.165, 1.54) is 6.42 Å². The normalized spacial score (nSPS) is 22.0. The molecule has 96 valence electrons. The van der Waals surface area contributed by atoms with Crippen LogP contribution >= 0.6 is 0 Å². The van der Waals surface area contributed by atoms with Gasteiger partial charge in [0.15, 0.2) is 0 Å². The molecule has 2 heteroatoms. The highest BCUT2D eigenvalue weighted by atomic mass is 15.1. The first-order valence-electron chi connectivity index (χ1n) is 6.87. The quantitative estimate of drug-likeness (QED) is 0.810. The second kappa shape index (κ2) is 6.02. The van der Waals surface area contributed by atoms with E-state index in [9.17, 15) is 5.26 Å². The van der Waals surface area contributed by atoms with E-state index in [2.05, 4.69) is 36.9 Å². The summed E-state index contributed by atoms with van der Waals surface area (Å²) in [5, 5.41) is 9.34. The number of nitrogens with zero attached hydrogens (tertiary/aromatic N) is 2. The maximum Gasteiger partial charge on any atom is 0.0839 e. The van der Waals surface area contributed by atoms with E-state index < -0.39 is 0 Å². The van der Waals surface area contributed by atoms with Gasteiger partial charge in [-0.2, -0.15) is 5.26 Å². The van der Waals surface area contributed by atoms with E-state index >= 15 is 0 Å². The molecule has 1 aromatic carbocycles. The van der Waals surface area contributed by atoms with Crippen molar-refractivity contribution >= 4 is 0 Å². The van der Waals surface area contributed by atoms with Gasteiger partial charge in [-0.1, -0.05) is 44.2 Å². The molecule has 0 radical (unpaired) electrons. The van der Waals surface area contributed by atoms with Gasteiger partial charge in [0.2, 0.25) is 0 Å². The van der Waals surface area contributed by atoms with Crippen LogP contribution in [0.15, 0.2) is 30.3 Å².